The highest BCUT2D eigenvalue weighted by Gasteiger charge is 2.15. The molecule has 7 nitrogen and oxygen atoms in total. The van der Waals surface area contributed by atoms with E-state index in [1.807, 2.05) is 41.1 Å². The Balaban J connectivity index is 1.36. The number of hydrogen-bond acceptors (Lipinski definition) is 5. The summed E-state index contributed by atoms with van der Waals surface area (Å²) in [6.45, 7) is 0.547. The van der Waals surface area contributed by atoms with Gasteiger partial charge in [0.05, 0.1) is 40.5 Å². The van der Waals surface area contributed by atoms with Gasteiger partial charge in [0.15, 0.2) is 5.82 Å². The van der Waals surface area contributed by atoms with Crippen LogP contribution < -0.4 is 15.4 Å². The van der Waals surface area contributed by atoms with Crippen molar-refractivity contribution in [3.63, 3.8) is 0 Å². The van der Waals surface area contributed by atoms with E-state index in [1.54, 1.807) is 31.5 Å². The first-order chi connectivity index (χ1) is 17.9. The number of pyridine rings is 1. The number of methoxy groups -OCH3 is 1. The van der Waals surface area contributed by atoms with Crippen molar-refractivity contribution >= 4 is 57.3 Å². The molecule has 37 heavy (non-hydrogen) atoms. The maximum absolute atomic E-state index is 13.3. The number of fused-ring (bicyclic) bond motifs is 1. The predicted octanol–water partition coefficient (Wildman–Crippen LogP) is 6.93. The predicted molar refractivity (Wildman–Crippen MR) is 144 cm³/mol. The molecule has 0 atom stereocenters. The third-order valence-electron chi connectivity index (χ3n) is 5.66. The van der Waals surface area contributed by atoms with E-state index < -0.39 is 11.7 Å². The number of nitrogens with zero attached hydrogens (tertiary/aromatic N) is 3. The largest absolute Gasteiger partial charge is 0.497 e. The summed E-state index contributed by atoms with van der Waals surface area (Å²) < 4.78 is 20.4. The Morgan fingerprint density at radius 3 is 2.57 bits per heavy atom. The molecule has 3 aromatic carbocycles. The van der Waals surface area contributed by atoms with Crippen LogP contribution in [0.3, 0.4) is 0 Å². The van der Waals surface area contributed by atoms with Gasteiger partial charge in [-0.2, -0.15) is 5.10 Å². The fourth-order valence-electron chi connectivity index (χ4n) is 3.81. The Labute approximate surface area is 221 Å². The number of ether oxygens (including phenoxy) is 1. The highest BCUT2D eigenvalue weighted by Crippen LogP contribution is 2.30. The Morgan fingerprint density at radius 1 is 1.03 bits per heavy atom. The van der Waals surface area contributed by atoms with Gasteiger partial charge in [0.2, 0.25) is 0 Å². The Bertz CT molecular complexity index is 1610. The van der Waals surface area contributed by atoms with Gasteiger partial charge in [-0.15, -0.1) is 0 Å². The van der Waals surface area contributed by atoms with Gasteiger partial charge in [-0.1, -0.05) is 35.3 Å². The number of aromatic nitrogens is 3. The molecule has 2 N–H and O–H groups in total. The monoisotopic (exact) mass is 535 g/mol. The summed E-state index contributed by atoms with van der Waals surface area (Å²) in [5, 5.41) is 11.0. The van der Waals surface area contributed by atoms with Gasteiger partial charge in [0.1, 0.15) is 17.1 Å². The topological polar surface area (TPSA) is 81.1 Å². The molecule has 0 aliphatic carbocycles. The highest BCUT2D eigenvalue weighted by molar-refractivity contribution is 6.36. The number of rotatable bonds is 7. The van der Waals surface area contributed by atoms with Crippen molar-refractivity contribution in [2.75, 3.05) is 17.7 Å². The molecule has 0 saturated heterocycles. The molecule has 0 aliphatic heterocycles. The number of halogens is 3. The van der Waals surface area contributed by atoms with Crippen LogP contribution in [0.2, 0.25) is 10.0 Å². The SMILES string of the molecule is COc1ccc(Cn2nc(Nc3ccc(NC(=O)c4ccc(F)cc4Cl)c(Cl)c3)c3ncccc32)cc1. The van der Waals surface area contributed by atoms with E-state index in [-0.39, 0.29) is 10.6 Å². The summed E-state index contributed by atoms with van der Waals surface area (Å²) in [5.41, 5.74) is 3.81. The van der Waals surface area contributed by atoms with E-state index in [1.165, 1.54) is 12.1 Å². The van der Waals surface area contributed by atoms with Gasteiger partial charge >= 0.3 is 0 Å². The lowest BCUT2D eigenvalue weighted by Gasteiger charge is -2.11. The third kappa shape index (κ3) is 5.35. The average Bonchev–Trinajstić information content (AvgIpc) is 3.23. The van der Waals surface area contributed by atoms with Crippen LogP contribution in [0.15, 0.2) is 79.0 Å². The summed E-state index contributed by atoms with van der Waals surface area (Å²) in [7, 11) is 1.63. The van der Waals surface area contributed by atoms with Crippen LogP contribution in [0, 0.1) is 5.82 Å². The second-order valence-electron chi connectivity index (χ2n) is 8.12. The molecule has 1 amide bonds. The number of benzene rings is 3. The minimum absolute atomic E-state index is 0.0107. The molecule has 2 aromatic heterocycles. The van der Waals surface area contributed by atoms with Crippen LogP contribution in [-0.4, -0.2) is 27.8 Å². The first-order valence-corrected chi connectivity index (χ1v) is 11.9. The number of hydrogen-bond donors (Lipinski definition) is 2. The molecule has 0 aliphatic rings. The maximum atomic E-state index is 13.3. The van der Waals surface area contributed by atoms with Crippen LogP contribution in [0.25, 0.3) is 11.0 Å². The van der Waals surface area contributed by atoms with E-state index >= 15 is 0 Å². The maximum Gasteiger partial charge on any atom is 0.257 e. The minimum Gasteiger partial charge on any atom is -0.497 e. The Kier molecular flexibility index (Phi) is 6.94. The van der Waals surface area contributed by atoms with Gasteiger partial charge < -0.3 is 15.4 Å². The van der Waals surface area contributed by atoms with Crippen molar-refractivity contribution in [3.8, 4) is 5.75 Å². The van der Waals surface area contributed by atoms with E-state index in [9.17, 15) is 9.18 Å². The number of carbonyl (C=O) groups is 1. The molecular formula is C27H20Cl2FN5O2. The smallest absolute Gasteiger partial charge is 0.257 e. The Hall–Kier alpha value is -4.14. The van der Waals surface area contributed by atoms with Gasteiger partial charge in [-0.25, -0.2) is 4.39 Å². The van der Waals surface area contributed by atoms with Crippen molar-refractivity contribution in [1.82, 2.24) is 14.8 Å². The zero-order valence-corrected chi connectivity index (χ0v) is 21.0. The van der Waals surface area contributed by atoms with E-state index in [4.69, 9.17) is 33.0 Å². The van der Waals surface area contributed by atoms with E-state index in [0.717, 1.165) is 22.9 Å². The van der Waals surface area contributed by atoms with E-state index in [0.29, 0.717) is 34.3 Å². The van der Waals surface area contributed by atoms with Crippen LogP contribution in [0.5, 0.6) is 5.75 Å². The molecule has 186 valence electrons. The standard InChI is InChI=1S/C27H20Cl2FN5O2/c1-37-19-8-4-16(5-9-19)15-35-24-3-2-12-31-25(24)26(34-35)32-18-7-11-23(22(29)14-18)33-27(36)20-10-6-17(30)13-21(20)28/h2-14H,15H2,1H3,(H,32,34)(H,33,36). The fourth-order valence-corrected chi connectivity index (χ4v) is 4.29. The van der Waals surface area contributed by atoms with Crippen molar-refractivity contribution in [1.29, 1.82) is 0 Å². The number of anilines is 3. The molecular weight excluding hydrogens is 516 g/mol. The normalized spacial score (nSPS) is 10.9. The van der Waals surface area contributed by atoms with Crippen molar-refractivity contribution in [2.45, 2.75) is 6.54 Å². The minimum atomic E-state index is -0.525. The third-order valence-corrected chi connectivity index (χ3v) is 6.28. The average molecular weight is 536 g/mol. The lowest BCUT2D eigenvalue weighted by atomic mass is 10.2. The lowest BCUT2D eigenvalue weighted by Crippen LogP contribution is -2.13. The molecule has 0 fully saturated rings. The molecule has 5 rings (SSSR count). The molecule has 0 unspecified atom stereocenters. The number of nitrogens with one attached hydrogen (secondary N) is 2. The van der Waals surface area contributed by atoms with Gasteiger partial charge in [0, 0.05) is 11.9 Å². The van der Waals surface area contributed by atoms with Crippen LogP contribution in [0.4, 0.5) is 21.6 Å². The van der Waals surface area contributed by atoms with Gasteiger partial charge in [-0.3, -0.25) is 14.5 Å². The molecule has 10 heteroatoms. The summed E-state index contributed by atoms with van der Waals surface area (Å²) in [4.78, 5) is 17.1. The zero-order chi connectivity index (χ0) is 25.9. The van der Waals surface area contributed by atoms with Crippen LogP contribution in [0.1, 0.15) is 15.9 Å². The van der Waals surface area contributed by atoms with E-state index in [2.05, 4.69) is 15.6 Å². The molecule has 0 radical (unpaired) electrons. The lowest BCUT2D eigenvalue weighted by molar-refractivity contribution is 0.102. The Morgan fingerprint density at radius 2 is 1.84 bits per heavy atom. The first-order valence-electron chi connectivity index (χ1n) is 11.2. The summed E-state index contributed by atoms with van der Waals surface area (Å²) in [5.74, 6) is 0.328. The number of amides is 1. The quantitative estimate of drug-likeness (QED) is 0.236. The summed E-state index contributed by atoms with van der Waals surface area (Å²) in [6, 6.07) is 20.3. The molecule has 2 heterocycles. The van der Waals surface area contributed by atoms with Crippen LogP contribution >= 0.6 is 23.2 Å². The molecule has 0 bridgehead atoms. The molecule has 0 saturated carbocycles. The van der Waals surface area contributed by atoms with Crippen molar-refractivity contribution in [2.24, 2.45) is 0 Å². The van der Waals surface area contributed by atoms with Crippen LogP contribution in [-0.2, 0) is 6.54 Å². The summed E-state index contributed by atoms with van der Waals surface area (Å²) in [6.07, 6.45) is 1.71. The first kappa shape index (κ1) is 24.5. The zero-order valence-electron chi connectivity index (χ0n) is 19.5. The second kappa shape index (κ2) is 10.5. The highest BCUT2D eigenvalue weighted by atomic mass is 35.5. The fraction of sp³-hybridized carbons (Fsp3) is 0.0741. The van der Waals surface area contributed by atoms with Crippen molar-refractivity contribution in [3.05, 3.63) is 106 Å². The van der Waals surface area contributed by atoms with Gasteiger partial charge in [-0.05, 0) is 66.2 Å². The summed E-state index contributed by atoms with van der Waals surface area (Å²) >= 11 is 12.4. The number of carbonyl (C=O) groups excluding carboxylic acids is 1. The van der Waals surface area contributed by atoms with Gasteiger partial charge in [0.25, 0.3) is 5.91 Å². The second-order valence-corrected chi connectivity index (χ2v) is 8.94. The molecule has 0 spiro atoms. The molecule has 5 aromatic rings. The van der Waals surface area contributed by atoms with Crippen molar-refractivity contribution < 1.29 is 13.9 Å².